The molecule has 2 unspecified atom stereocenters. The summed E-state index contributed by atoms with van der Waals surface area (Å²) in [4.78, 5) is 43.2. The first-order valence-electron chi connectivity index (χ1n) is 3.53. The number of ether oxygens (including phenoxy) is 1. The number of cyclic esters (lactones) is 1. The second kappa shape index (κ2) is 2.79. The monoisotopic (exact) mass is 202 g/mol. The molecular formula is C7H6O7. The number of hydrogen-bond acceptors (Lipinski definition) is 5. The molecule has 1 aliphatic rings. The Hall–Kier alpha value is -1.92. The summed E-state index contributed by atoms with van der Waals surface area (Å²) in [5, 5.41) is 17.0. The van der Waals surface area contributed by atoms with Crippen LogP contribution in [0, 0.1) is 5.41 Å². The van der Waals surface area contributed by atoms with Crippen molar-refractivity contribution in [3.05, 3.63) is 0 Å². The van der Waals surface area contributed by atoms with Crippen molar-refractivity contribution in [3.8, 4) is 0 Å². The van der Waals surface area contributed by atoms with Crippen LogP contribution in [0.4, 0.5) is 0 Å². The zero-order chi connectivity index (χ0) is 11.1. The quantitative estimate of drug-likeness (QED) is 0.420. The van der Waals surface area contributed by atoms with Crippen LogP contribution >= 0.6 is 0 Å². The number of hydrogen-bond donors (Lipinski definition) is 2. The number of aliphatic carboxylic acids is 2. The third-order valence-corrected chi connectivity index (χ3v) is 2.02. The number of carboxylic acids is 2. The molecule has 1 heterocycles. The molecule has 1 saturated heterocycles. The Balaban J connectivity index is 3.15. The molecule has 1 rings (SSSR count). The van der Waals surface area contributed by atoms with E-state index in [0.29, 0.717) is 0 Å². The molecule has 7 heteroatoms. The van der Waals surface area contributed by atoms with E-state index in [1.807, 2.05) is 0 Å². The number of carbonyl (C=O) groups excluding carboxylic acids is 2. The highest BCUT2D eigenvalue weighted by Gasteiger charge is 2.61. The number of rotatable bonds is 2. The van der Waals surface area contributed by atoms with Crippen LogP contribution in [0.2, 0.25) is 0 Å². The third kappa shape index (κ3) is 1.05. The fourth-order valence-corrected chi connectivity index (χ4v) is 0.996. The van der Waals surface area contributed by atoms with Gasteiger partial charge in [0, 0.05) is 0 Å². The molecule has 0 bridgehead atoms. The number of esters is 1. The van der Waals surface area contributed by atoms with Crippen molar-refractivity contribution < 1.29 is 34.1 Å². The van der Waals surface area contributed by atoms with E-state index in [1.165, 1.54) is 0 Å². The Morgan fingerprint density at radius 3 is 2.07 bits per heavy atom. The zero-order valence-corrected chi connectivity index (χ0v) is 7.01. The van der Waals surface area contributed by atoms with Crippen LogP contribution in [0.1, 0.15) is 6.92 Å². The van der Waals surface area contributed by atoms with Crippen molar-refractivity contribution in [2.75, 3.05) is 0 Å². The highest BCUT2D eigenvalue weighted by molar-refractivity contribution is 6.28. The highest BCUT2D eigenvalue weighted by Crippen LogP contribution is 2.30. The third-order valence-electron chi connectivity index (χ3n) is 2.02. The maximum atomic E-state index is 11.2. The Morgan fingerprint density at radius 2 is 1.86 bits per heavy atom. The minimum atomic E-state index is -2.40. The lowest BCUT2D eigenvalue weighted by molar-refractivity contribution is -0.163. The van der Waals surface area contributed by atoms with Gasteiger partial charge in [-0.05, 0) is 6.92 Å². The smallest absolute Gasteiger partial charge is 0.353 e. The first-order valence-corrected chi connectivity index (χ1v) is 3.53. The molecule has 1 fully saturated rings. The molecule has 76 valence electrons. The average molecular weight is 202 g/mol. The molecule has 0 radical (unpaired) electrons. The predicted octanol–water partition coefficient (Wildman–Crippen LogP) is -1.34. The van der Waals surface area contributed by atoms with Gasteiger partial charge in [-0.3, -0.25) is 14.4 Å². The summed E-state index contributed by atoms with van der Waals surface area (Å²) < 4.78 is 4.14. The molecule has 0 saturated carbocycles. The van der Waals surface area contributed by atoms with Crippen molar-refractivity contribution >= 4 is 23.7 Å². The molecule has 7 nitrogen and oxygen atoms in total. The van der Waals surface area contributed by atoms with Crippen LogP contribution < -0.4 is 0 Å². The van der Waals surface area contributed by atoms with Crippen LogP contribution in [0.25, 0.3) is 0 Å². The topological polar surface area (TPSA) is 118 Å². The van der Waals surface area contributed by atoms with Gasteiger partial charge in [0.05, 0.1) is 0 Å². The summed E-state index contributed by atoms with van der Waals surface area (Å²) in [6, 6.07) is 0. The lowest BCUT2D eigenvalue weighted by Gasteiger charge is -2.09. The molecule has 0 amide bonds. The number of Topliss-reactive ketones (excluding diaryl/α,β-unsaturated/α-hetero) is 1. The van der Waals surface area contributed by atoms with Gasteiger partial charge in [-0.2, -0.15) is 0 Å². The lowest BCUT2D eigenvalue weighted by Crippen LogP contribution is -2.41. The molecule has 0 aromatic carbocycles. The van der Waals surface area contributed by atoms with Gasteiger partial charge in [-0.25, -0.2) is 4.79 Å². The molecule has 0 spiro atoms. The van der Waals surface area contributed by atoms with Gasteiger partial charge < -0.3 is 14.9 Å². The van der Waals surface area contributed by atoms with E-state index in [1.54, 1.807) is 0 Å². The lowest BCUT2D eigenvalue weighted by atomic mass is 9.86. The molecule has 0 aromatic heterocycles. The van der Waals surface area contributed by atoms with E-state index in [4.69, 9.17) is 10.2 Å². The van der Waals surface area contributed by atoms with Crippen LogP contribution in [-0.4, -0.2) is 40.0 Å². The molecule has 2 atom stereocenters. The SMILES string of the molecule is CC1(C(=O)O)C(=O)OC(C(=O)O)C1=O. The minimum Gasteiger partial charge on any atom is -0.480 e. The van der Waals surface area contributed by atoms with E-state index < -0.39 is 35.2 Å². The summed E-state index contributed by atoms with van der Waals surface area (Å²) in [7, 11) is 0. The summed E-state index contributed by atoms with van der Waals surface area (Å²) in [5.74, 6) is -5.99. The average Bonchev–Trinajstić information content (AvgIpc) is 2.30. The number of carboxylic acid groups (broad SMARTS) is 2. The number of carbonyl (C=O) groups is 4. The van der Waals surface area contributed by atoms with Gasteiger partial charge >= 0.3 is 17.9 Å². The van der Waals surface area contributed by atoms with Gasteiger partial charge in [-0.1, -0.05) is 0 Å². The van der Waals surface area contributed by atoms with Gasteiger partial charge in [0.25, 0.3) is 6.10 Å². The van der Waals surface area contributed by atoms with Gasteiger partial charge in [0.2, 0.25) is 11.2 Å². The van der Waals surface area contributed by atoms with Crippen LogP contribution in [0.3, 0.4) is 0 Å². The maximum absolute atomic E-state index is 11.2. The second-order valence-electron chi connectivity index (χ2n) is 2.92. The molecular weight excluding hydrogens is 196 g/mol. The van der Waals surface area contributed by atoms with E-state index in [2.05, 4.69) is 4.74 Å². The van der Waals surface area contributed by atoms with E-state index >= 15 is 0 Å². The molecule has 0 aliphatic carbocycles. The minimum absolute atomic E-state index is 0.822. The van der Waals surface area contributed by atoms with E-state index in [0.717, 1.165) is 6.92 Å². The van der Waals surface area contributed by atoms with Gasteiger partial charge in [0.1, 0.15) is 0 Å². The normalized spacial score (nSPS) is 31.4. The van der Waals surface area contributed by atoms with Crippen LogP contribution in [0.15, 0.2) is 0 Å². The second-order valence-corrected chi connectivity index (χ2v) is 2.92. The van der Waals surface area contributed by atoms with Crippen molar-refractivity contribution in [2.24, 2.45) is 5.41 Å². The molecule has 1 aliphatic heterocycles. The Labute approximate surface area is 77.3 Å². The first kappa shape index (κ1) is 10.2. The predicted molar refractivity (Wildman–Crippen MR) is 38.3 cm³/mol. The Bertz CT molecular complexity index is 344. The first-order chi connectivity index (χ1) is 6.31. The fourth-order valence-electron chi connectivity index (χ4n) is 0.996. The van der Waals surface area contributed by atoms with Gasteiger partial charge in [0.15, 0.2) is 0 Å². The summed E-state index contributed by atoms with van der Waals surface area (Å²) in [6.07, 6.45) is -2.01. The van der Waals surface area contributed by atoms with Crippen molar-refractivity contribution in [2.45, 2.75) is 13.0 Å². The molecule has 2 N–H and O–H groups in total. The summed E-state index contributed by atoms with van der Waals surface area (Å²) >= 11 is 0. The summed E-state index contributed by atoms with van der Waals surface area (Å²) in [5.41, 5.74) is -2.40. The van der Waals surface area contributed by atoms with Crippen molar-refractivity contribution in [3.63, 3.8) is 0 Å². The Morgan fingerprint density at radius 1 is 1.36 bits per heavy atom. The standard InChI is InChI=1S/C7H6O7/c1-7(5(11)12)3(8)2(4(9)10)14-6(7)13/h2H,1H3,(H,9,10)(H,11,12). The van der Waals surface area contributed by atoms with Gasteiger partial charge in [-0.15, -0.1) is 0 Å². The van der Waals surface area contributed by atoms with Crippen molar-refractivity contribution in [1.29, 1.82) is 0 Å². The summed E-state index contributed by atoms with van der Waals surface area (Å²) in [6.45, 7) is 0.822. The largest absolute Gasteiger partial charge is 0.480 e. The van der Waals surface area contributed by atoms with E-state index in [9.17, 15) is 19.2 Å². The zero-order valence-electron chi connectivity index (χ0n) is 7.01. The maximum Gasteiger partial charge on any atom is 0.353 e. The van der Waals surface area contributed by atoms with E-state index in [-0.39, 0.29) is 0 Å². The number of ketones is 1. The highest BCUT2D eigenvalue weighted by atomic mass is 16.6. The van der Waals surface area contributed by atoms with Crippen LogP contribution in [0.5, 0.6) is 0 Å². The van der Waals surface area contributed by atoms with Crippen LogP contribution in [-0.2, 0) is 23.9 Å². The van der Waals surface area contributed by atoms with Crippen molar-refractivity contribution in [1.82, 2.24) is 0 Å². The molecule has 0 aromatic rings. The molecule has 14 heavy (non-hydrogen) atoms. The fraction of sp³-hybridized carbons (Fsp3) is 0.429. The Kier molecular flexibility index (Phi) is 2.03.